The highest BCUT2D eigenvalue weighted by atomic mass is 16.7. The maximum atomic E-state index is 8.30. The summed E-state index contributed by atoms with van der Waals surface area (Å²) in [5.74, 6) is 0.584. The SMILES string of the molecule is [N-]=[N+]=Nc1cccc(O[n+]2ccncc2)c1. The summed E-state index contributed by atoms with van der Waals surface area (Å²) in [6, 6.07) is 6.86. The Morgan fingerprint density at radius 1 is 1.31 bits per heavy atom. The Labute approximate surface area is 91.3 Å². The van der Waals surface area contributed by atoms with Crippen LogP contribution in [0, 0.1) is 0 Å². The summed E-state index contributed by atoms with van der Waals surface area (Å²) in [4.78, 5) is 12.0. The highest BCUT2D eigenvalue weighted by Gasteiger charge is 2.02. The number of benzene rings is 1. The predicted molar refractivity (Wildman–Crippen MR) is 55.7 cm³/mol. The Balaban J connectivity index is 2.22. The van der Waals surface area contributed by atoms with E-state index in [9.17, 15) is 0 Å². The molecule has 78 valence electrons. The lowest BCUT2D eigenvalue weighted by Gasteiger charge is -1.97. The maximum Gasteiger partial charge on any atom is 0.241 e. The molecule has 2 aromatic rings. The Morgan fingerprint density at radius 3 is 2.88 bits per heavy atom. The maximum absolute atomic E-state index is 8.30. The molecule has 0 unspecified atom stereocenters. The van der Waals surface area contributed by atoms with Crippen molar-refractivity contribution >= 4 is 5.69 Å². The summed E-state index contributed by atoms with van der Waals surface area (Å²) in [6.45, 7) is 0. The third kappa shape index (κ3) is 2.46. The van der Waals surface area contributed by atoms with Gasteiger partial charge in [0, 0.05) is 15.3 Å². The molecule has 0 aliphatic heterocycles. The first-order valence-corrected chi connectivity index (χ1v) is 4.53. The molecule has 0 saturated carbocycles. The predicted octanol–water partition coefficient (Wildman–Crippen LogP) is 2.15. The molecule has 0 aliphatic rings. The molecule has 0 spiro atoms. The van der Waals surface area contributed by atoms with Crippen LogP contribution in [0.1, 0.15) is 0 Å². The van der Waals surface area contributed by atoms with Crippen LogP contribution in [0.2, 0.25) is 0 Å². The van der Waals surface area contributed by atoms with Gasteiger partial charge in [-0.1, -0.05) is 17.2 Å². The fourth-order valence-corrected chi connectivity index (χ4v) is 1.14. The van der Waals surface area contributed by atoms with Crippen LogP contribution < -0.4 is 9.57 Å². The molecule has 0 amide bonds. The molecule has 2 rings (SSSR count). The van der Waals surface area contributed by atoms with Crippen molar-refractivity contribution in [2.75, 3.05) is 0 Å². The average molecular weight is 214 g/mol. The zero-order valence-electron chi connectivity index (χ0n) is 8.26. The van der Waals surface area contributed by atoms with Gasteiger partial charge in [-0.25, -0.2) is 4.84 Å². The standard InChI is InChI=1S/C10H8N5O/c11-14-13-9-2-1-3-10(8-9)16-15-6-4-12-5-7-15/h1-8H/q+1. The first-order valence-electron chi connectivity index (χ1n) is 4.53. The minimum atomic E-state index is 0.509. The Kier molecular flexibility index (Phi) is 2.96. The molecule has 1 aromatic carbocycles. The van der Waals surface area contributed by atoms with Gasteiger partial charge < -0.3 is 0 Å². The molecule has 16 heavy (non-hydrogen) atoms. The first-order chi connectivity index (χ1) is 7.88. The molecule has 6 heteroatoms. The monoisotopic (exact) mass is 214 g/mol. The van der Waals surface area contributed by atoms with Crippen molar-refractivity contribution in [2.24, 2.45) is 5.11 Å². The molecule has 0 radical (unpaired) electrons. The second-order valence-corrected chi connectivity index (χ2v) is 2.88. The number of azide groups is 1. The molecule has 0 fully saturated rings. The van der Waals surface area contributed by atoms with Gasteiger partial charge in [-0.3, -0.25) is 4.98 Å². The third-order valence-electron chi connectivity index (χ3n) is 1.79. The topological polar surface area (TPSA) is 74.8 Å². The highest BCUT2D eigenvalue weighted by Crippen LogP contribution is 2.18. The van der Waals surface area contributed by atoms with Gasteiger partial charge in [-0.05, 0) is 17.7 Å². The number of hydrogen-bond donors (Lipinski definition) is 0. The summed E-state index contributed by atoms with van der Waals surface area (Å²) in [5, 5.41) is 3.49. The molecule has 0 N–H and O–H groups in total. The minimum Gasteiger partial charge on any atom is -0.252 e. The van der Waals surface area contributed by atoms with Gasteiger partial charge in [0.1, 0.15) is 0 Å². The Bertz CT molecular complexity index is 522. The van der Waals surface area contributed by atoms with Crippen LogP contribution >= 0.6 is 0 Å². The molecular formula is C10H8N5O+. The summed E-state index contributed by atoms with van der Waals surface area (Å²) in [5.41, 5.74) is 8.81. The van der Waals surface area contributed by atoms with Gasteiger partial charge in [0.25, 0.3) is 0 Å². The molecule has 6 nitrogen and oxygen atoms in total. The van der Waals surface area contributed by atoms with Crippen molar-refractivity contribution in [3.63, 3.8) is 0 Å². The third-order valence-corrected chi connectivity index (χ3v) is 1.79. The Morgan fingerprint density at radius 2 is 2.12 bits per heavy atom. The normalized spacial score (nSPS) is 9.25. The molecule has 1 aromatic heterocycles. The molecule has 1 heterocycles. The van der Waals surface area contributed by atoms with Crippen LogP contribution in [-0.4, -0.2) is 4.98 Å². The average Bonchev–Trinajstić information content (AvgIpc) is 2.31. The lowest BCUT2D eigenvalue weighted by molar-refractivity contribution is -0.875. The van der Waals surface area contributed by atoms with Crippen LogP contribution in [0.5, 0.6) is 5.75 Å². The van der Waals surface area contributed by atoms with Gasteiger partial charge in [0.2, 0.25) is 18.1 Å². The fourth-order valence-electron chi connectivity index (χ4n) is 1.14. The van der Waals surface area contributed by atoms with E-state index < -0.39 is 0 Å². The van der Waals surface area contributed by atoms with E-state index in [1.165, 1.54) is 4.73 Å². The van der Waals surface area contributed by atoms with E-state index in [2.05, 4.69) is 15.0 Å². The summed E-state index contributed by atoms with van der Waals surface area (Å²) in [6.07, 6.45) is 6.55. The van der Waals surface area contributed by atoms with Crippen molar-refractivity contribution in [1.82, 2.24) is 4.98 Å². The van der Waals surface area contributed by atoms with Crippen LogP contribution in [0.15, 0.2) is 54.2 Å². The van der Waals surface area contributed by atoms with Gasteiger partial charge in [0.15, 0.2) is 0 Å². The Hall–Kier alpha value is -2.59. The zero-order valence-corrected chi connectivity index (χ0v) is 8.26. The van der Waals surface area contributed by atoms with Crippen molar-refractivity contribution in [3.8, 4) is 5.75 Å². The number of aromatic nitrogens is 2. The molecule has 0 saturated heterocycles. The lowest BCUT2D eigenvalue weighted by atomic mass is 10.3. The van der Waals surface area contributed by atoms with E-state index in [1.54, 1.807) is 49.1 Å². The molecule has 0 bridgehead atoms. The first kappa shape index (κ1) is 9.95. The van der Waals surface area contributed by atoms with E-state index in [0.29, 0.717) is 11.4 Å². The highest BCUT2D eigenvalue weighted by molar-refractivity contribution is 5.42. The van der Waals surface area contributed by atoms with E-state index in [1.807, 2.05) is 0 Å². The second-order valence-electron chi connectivity index (χ2n) is 2.88. The fraction of sp³-hybridized carbons (Fsp3) is 0. The van der Waals surface area contributed by atoms with Crippen LogP contribution in [0.25, 0.3) is 10.4 Å². The van der Waals surface area contributed by atoms with Crippen LogP contribution in [0.3, 0.4) is 0 Å². The minimum absolute atomic E-state index is 0.509. The smallest absolute Gasteiger partial charge is 0.241 e. The number of nitrogens with zero attached hydrogens (tertiary/aromatic N) is 5. The summed E-state index contributed by atoms with van der Waals surface area (Å²) >= 11 is 0. The van der Waals surface area contributed by atoms with Crippen LogP contribution in [-0.2, 0) is 0 Å². The lowest BCUT2D eigenvalue weighted by Crippen LogP contribution is -2.38. The number of hydrogen-bond acceptors (Lipinski definition) is 3. The van der Waals surface area contributed by atoms with Crippen molar-refractivity contribution in [1.29, 1.82) is 0 Å². The molecule has 0 aliphatic carbocycles. The van der Waals surface area contributed by atoms with Crippen LogP contribution in [0.4, 0.5) is 5.69 Å². The van der Waals surface area contributed by atoms with E-state index in [-0.39, 0.29) is 0 Å². The summed E-state index contributed by atoms with van der Waals surface area (Å²) in [7, 11) is 0. The van der Waals surface area contributed by atoms with Gasteiger partial charge in [-0.2, -0.15) is 0 Å². The van der Waals surface area contributed by atoms with Crippen molar-refractivity contribution in [3.05, 3.63) is 59.5 Å². The molecule has 0 atom stereocenters. The second kappa shape index (κ2) is 4.77. The van der Waals surface area contributed by atoms with Gasteiger partial charge in [0.05, 0.1) is 12.4 Å². The van der Waals surface area contributed by atoms with Gasteiger partial charge in [-0.15, -0.1) is 0 Å². The van der Waals surface area contributed by atoms with E-state index >= 15 is 0 Å². The molecular weight excluding hydrogens is 206 g/mol. The van der Waals surface area contributed by atoms with E-state index in [4.69, 9.17) is 10.4 Å². The quantitative estimate of drug-likeness (QED) is 0.340. The van der Waals surface area contributed by atoms with Crippen molar-refractivity contribution < 1.29 is 9.57 Å². The van der Waals surface area contributed by atoms with E-state index in [0.717, 1.165) is 0 Å². The van der Waals surface area contributed by atoms with Crippen molar-refractivity contribution in [2.45, 2.75) is 0 Å². The number of rotatable bonds is 3. The largest absolute Gasteiger partial charge is 0.252 e. The van der Waals surface area contributed by atoms with Gasteiger partial charge >= 0.3 is 0 Å². The zero-order chi connectivity index (χ0) is 11.2. The summed E-state index contributed by atoms with van der Waals surface area (Å²) < 4.78 is 1.50.